The molecule has 1 aliphatic rings. The molecular weight excluding hydrogens is 412 g/mol. The van der Waals surface area contributed by atoms with Gasteiger partial charge in [-0.1, -0.05) is 54.6 Å². The van der Waals surface area contributed by atoms with E-state index in [0.29, 0.717) is 0 Å². The second-order valence-corrected chi connectivity index (χ2v) is 7.25. The summed E-state index contributed by atoms with van der Waals surface area (Å²) >= 11 is 0. The van der Waals surface area contributed by atoms with E-state index in [1.807, 2.05) is 24.3 Å². The topological polar surface area (TPSA) is 114 Å². The third kappa shape index (κ3) is 5.73. The Morgan fingerprint density at radius 3 is 2.25 bits per heavy atom. The first-order chi connectivity index (χ1) is 15.5. The van der Waals surface area contributed by atoms with Crippen molar-refractivity contribution in [3.8, 4) is 11.1 Å². The Labute approximate surface area is 186 Å². The largest absolute Gasteiger partial charge is 0.478 e. The van der Waals surface area contributed by atoms with Gasteiger partial charge in [-0.3, -0.25) is 4.79 Å². The van der Waals surface area contributed by atoms with Crippen molar-refractivity contribution in [2.45, 2.75) is 18.4 Å². The van der Waals surface area contributed by atoms with Gasteiger partial charge in [0.2, 0.25) is 5.91 Å². The van der Waals surface area contributed by atoms with Crippen LogP contribution in [0.1, 0.15) is 23.5 Å². The van der Waals surface area contributed by atoms with Crippen molar-refractivity contribution in [3.05, 3.63) is 71.8 Å². The summed E-state index contributed by atoms with van der Waals surface area (Å²) in [6.07, 6.45) is 1.17. The van der Waals surface area contributed by atoms with Crippen molar-refractivity contribution in [1.29, 1.82) is 0 Å². The maximum Gasteiger partial charge on any atom is 0.407 e. The molecule has 2 aromatic rings. The summed E-state index contributed by atoms with van der Waals surface area (Å²) in [7, 11) is 1.39. The molecule has 0 aliphatic heterocycles. The minimum Gasteiger partial charge on any atom is -0.478 e. The number of carbonyl (C=O) groups is 3. The van der Waals surface area contributed by atoms with E-state index < -0.39 is 24.1 Å². The van der Waals surface area contributed by atoms with Crippen molar-refractivity contribution in [2.24, 2.45) is 0 Å². The normalized spacial score (nSPS) is 13.3. The quantitative estimate of drug-likeness (QED) is 0.492. The standard InChI is InChI=1S/C24H26N2O6/c1-31-21(23(29)25-13-6-11-22(27)28)12-14-26-24(30)32-15-20-18-9-4-2-7-16(18)17-8-3-5-10-19(17)20/h2-11,20-21H,12-15H2,1H3,(H,25,29)(H,26,30)(H,27,28)/b11-6+. The number of fused-ring (bicyclic) bond motifs is 3. The molecule has 0 spiro atoms. The van der Waals surface area contributed by atoms with Gasteiger partial charge in [0.15, 0.2) is 0 Å². The zero-order chi connectivity index (χ0) is 22.9. The highest BCUT2D eigenvalue weighted by atomic mass is 16.5. The molecule has 32 heavy (non-hydrogen) atoms. The van der Waals surface area contributed by atoms with E-state index >= 15 is 0 Å². The lowest BCUT2D eigenvalue weighted by atomic mass is 9.98. The number of hydrogen-bond acceptors (Lipinski definition) is 5. The third-order valence-corrected chi connectivity index (χ3v) is 5.25. The Morgan fingerprint density at radius 1 is 1.03 bits per heavy atom. The third-order valence-electron chi connectivity index (χ3n) is 5.25. The fraction of sp³-hybridized carbons (Fsp3) is 0.292. The minimum atomic E-state index is -1.09. The SMILES string of the molecule is COC(CCNC(=O)OCC1c2ccccc2-c2ccccc21)C(=O)NC/C=C/C(=O)O. The Balaban J connectivity index is 1.45. The molecule has 0 heterocycles. The molecule has 3 rings (SSSR count). The number of ether oxygens (including phenoxy) is 2. The molecule has 3 N–H and O–H groups in total. The summed E-state index contributed by atoms with van der Waals surface area (Å²) in [5.74, 6) is -1.50. The highest BCUT2D eigenvalue weighted by molar-refractivity contribution is 5.82. The van der Waals surface area contributed by atoms with Gasteiger partial charge in [0.05, 0.1) is 0 Å². The predicted octanol–water partition coefficient (Wildman–Crippen LogP) is 2.69. The first kappa shape index (κ1) is 23.0. The maximum absolute atomic E-state index is 12.2. The van der Waals surface area contributed by atoms with E-state index in [1.54, 1.807) is 0 Å². The fourth-order valence-corrected chi connectivity index (χ4v) is 3.74. The number of methoxy groups -OCH3 is 1. The zero-order valence-electron chi connectivity index (χ0n) is 17.7. The Bertz CT molecular complexity index is 958. The Hall–Kier alpha value is -3.65. The Kier molecular flexibility index (Phi) is 7.99. The monoisotopic (exact) mass is 438 g/mol. The van der Waals surface area contributed by atoms with Gasteiger partial charge in [-0.2, -0.15) is 0 Å². The molecule has 0 fully saturated rings. The number of carboxylic acid groups (broad SMARTS) is 1. The van der Waals surface area contributed by atoms with Gasteiger partial charge < -0.3 is 25.2 Å². The van der Waals surface area contributed by atoms with E-state index in [2.05, 4.69) is 34.9 Å². The molecule has 0 bridgehead atoms. The molecule has 1 unspecified atom stereocenters. The molecule has 0 saturated heterocycles. The number of carbonyl (C=O) groups excluding carboxylic acids is 2. The van der Waals surface area contributed by atoms with Gasteiger partial charge in [0, 0.05) is 38.6 Å². The van der Waals surface area contributed by atoms with Crippen molar-refractivity contribution in [2.75, 3.05) is 26.8 Å². The van der Waals surface area contributed by atoms with Crippen molar-refractivity contribution >= 4 is 18.0 Å². The van der Waals surface area contributed by atoms with Crippen LogP contribution in [0.15, 0.2) is 60.7 Å². The van der Waals surface area contributed by atoms with Gasteiger partial charge in [-0.15, -0.1) is 0 Å². The summed E-state index contributed by atoms with van der Waals surface area (Å²) in [5, 5.41) is 13.7. The molecule has 2 amide bonds. The van der Waals surface area contributed by atoms with Crippen LogP contribution < -0.4 is 10.6 Å². The molecule has 2 aromatic carbocycles. The van der Waals surface area contributed by atoms with Crippen LogP contribution in [0.5, 0.6) is 0 Å². The van der Waals surface area contributed by atoms with Crippen molar-refractivity contribution in [3.63, 3.8) is 0 Å². The number of benzene rings is 2. The van der Waals surface area contributed by atoms with Crippen LogP contribution in [0.25, 0.3) is 11.1 Å². The molecule has 8 heteroatoms. The average Bonchev–Trinajstić information content (AvgIpc) is 3.11. The molecule has 0 radical (unpaired) electrons. The van der Waals surface area contributed by atoms with Crippen molar-refractivity contribution in [1.82, 2.24) is 10.6 Å². The number of alkyl carbamates (subject to hydrolysis) is 1. The summed E-state index contributed by atoms with van der Waals surface area (Å²) in [6, 6.07) is 16.2. The van der Waals surface area contributed by atoms with Gasteiger partial charge in [-0.25, -0.2) is 9.59 Å². The molecule has 0 aromatic heterocycles. The summed E-state index contributed by atoms with van der Waals surface area (Å²) in [5.41, 5.74) is 4.58. The van der Waals surface area contributed by atoms with E-state index in [0.717, 1.165) is 28.3 Å². The number of aliphatic carboxylic acids is 1. The molecular formula is C24H26N2O6. The number of hydrogen-bond donors (Lipinski definition) is 3. The first-order valence-corrected chi connectivity index (χ1v) is 10.3. The van der Waals surface area contributed by atoms with E-state index in [1.165, 1.54) is 13.2 Å². The van der Waals surface area contributed by atoms with Crippen molar-refractivity contribution < 1.29 is 29.0 Å². The number of amides is 2. The van der Waals surface area contributed by atoms with Gasteiger partial charge in [0.25, 0.3) is 0 Å². The van der Waals surface area contributed by atoms with Crippen LogP contribution >= 0.6 is 0 Å². The van der Waals surface area contributed by atoms with Gasteiger partial charge >= 0.3 is 12.1 Å². The number of carboxylic acids is 1. The van der Waals surface area contributed by atoms with E-state index in [9.17, 15) is 14.4 Å². The molecule has 8 nitrogen and oxygen atoms in total. The summed E-state index contributed by atoms with van der Waals surface area (Å²) in [6.45, 7) is 0.475. The van der Waals surface area contributed by atoms with Gasteiger partial charge in [-0.05, 0) is 22.3 Å². The highest BCUT2D eigenvalue weighted by Gasteiger charge is 2.29. The number of nitrogens with one attached hydrogen (secondary N) is 2. The van der Waals surface area contributed by atoms with E-state index in [-0.39, 0.29) is 32.0 Å². The Morgan fingerprint density at radius 2 is 1.66 bits per heavy atom. The second-order valence-electron chi connectivity index (χ2n) is 7.25. The van der Waals surface area contributed by atoms with Crippen LogP contribution in [-0.4, -0.2) is 56.0 Å². The first-order valence-electron chi connectivity index (χ1n) is 10.3. The lowest BCUT2D eigenvalue weighted by molar-refractivity contribution is -0.132. The molecule has 1 atom stereocenters. The zero-order valence-corrected chi connectivity index (χ0v) is 17.7. The smallest absolute Gasteiger partial charge is 0.407 e. The van der Waals surface area contributed by atoms with E-state index in [4.69, 9.17) is 14.6 Å². The fourth-order valence-electron chi connectivity index (χ4n) is 3.74. The number of rotatable bonds is 10. The van der Waals surface area contributed by atoms with Crippen LogP contribution in [-0.2, 0) is 19.1 Å². The van der Waals surface area contributed by atoms with Crippen LogP contribution in [0, 0.1) is 0 Å². The lowest BCUT2D eigenvalue weighted by Gasteiger charge is -2.16. The van der Waals surface area contributed by atoms with Crippen LogP contribution in [0.3, 0.4) is 0 Å². The van der Waals surface area contributed by atoms with Crippen LogP contribution in [0.4, 0.5) is 4.79 Å². The minimum absolute atomic E-state index is 0.0236. The summed E-state index contributed by atoms with van der Waals surface area (Å²) < 4.78 is 10.6. The highest BCUT2D eigenvalue weighted by Crippen LogP contribution is 2.44. The maximum atomic E-state index is 12.2. The lowest BCUT2D eigenvalue weighted by Crippen LogP contribution is -2.38. The molecule has 168 valence electrons. The average molecular weight is 438 g/mol. The van der Waals surface area contributed by atoms with Crippen LogP contribution in [0.2, 0.25) is 0 Å². The van der Waals surface area contributed by atoms with Gasteiger partial charge in [0.1, 0.15) is 12.7 Å². The second kappa shape index (κ2) is 11.1. The molecule has 1 aliphatic carbocycles. The predicted molar refractivity (Wildman–Crippen MR) is 118 cm³/mol. The summed E-state index contributed by atoms with van der Waals surface area (Å²) in [4.78, 5) is 34.7. The molecule has 0 saturated carbocycles.